The minimum absolute atomic E-state index is 0.718. The van der Waals surface area contributed by atoms with Crippen molar-refractivity contribution in [1.29, 1.82) is 0 Å². The predicted molar refractivity (Wildman–Crippen MR) is 87.8 cm³/mol. The van der Waals surface area contributed by atoms with Gasteiger partial charge in [0.05, 0.1) is 6.61 Å². The lowest BCUT2D eigenvalue weighted by atomic mass is 10.2. The number of hydrogen-bond donors (Lipinski definition) is 1. The fourth-order valence-corrected chi connectivity index (χ4v) is 2.28. The van der Waals surface area contributed by atoms with Crippen molar-refractivity contribution in [3.63, 3.8) is 0 Å². The van der Waals surface area contributed by atoms with E-state index in [2.05, 4.69) is 42.4 Å². The van der Waals surface area contributed by atoms with Crippen LogP contribution >= 0.6 is 11.6 Å². The first-order chi connectivity index (χ1) is 9.69. The first kappa shape index (κ1) is 17.3. The summed E-state index contributed by atoms with van der Waals surface area (Å²) >= 11 is 6.35. The van der Waals surface area contributed by atoms with E-state index in [1.54, 1.807) is 7.11 Å². The molecule has 1 N–H and O–H groups in total. The second kappa shape index (κ2) is 10.0. The molecule has 0 unspecified atom stereocenters. The summed E-state index contributed by atoms with van der Waals surface area (Å²) in [5, 5.41) is 4.14. The highest BCUT2D eigenvalue weighted by Gasteiger charge is 2.05. The van der Waals surface area contributed by atoms with Crippen LogP contribution in [0, 0.1) is 0 Å². The molecule has 0 spiro atoms. The topological polar surface area (TPSA) is 24.5 Å². The van der Waals surface area contributed by atoms with Gasteiger partial charge in [0.2, 0.25) is 0 Å². The maximum atomic E-state index is 6.35. The molecule has 1 aromatic carbocycles. The Labute approximate surface area is 128 Å². The monoisotopic (exact) mass is 298 g/mol. The smallest absolute Gasteiger partial charge is 0.0587 e. The molecule has 0 aliphatic rings. The Bertz CT molecular complexity index is 385. The quantitative estimate of drug-likeness (QED) is 0.667. The summed E-state index contributed by atoms with van der Waals surface area (Å²) in [7, 11) is 3.83. The average Bonchev–Trinajstić information content (AvgIpc) is 2.45. The van der Waals surface area contributed by atoms with Crippen molar-refractivity contribution in [2.24, 2.45) is 0 Å². The third-order valence-electron chi connectivity index (χ3n) is 3.37. The second-order valence-corrected chi connectivity index (χ2v) is 5.48. The van der Waals surface area contributed by atoms with Gasteiger partial charge in [0.1, 0.15) is 0 Å². The summed E-state index contributed by atoms with van der Waals surface area (Å²) in [6.45, 7) is 5.64. The minimum atomic E-state index is 0.718. The lowest BCUT2D eigenvalue weighted by Gasteiger charge is -2.20. The summed E-state index contributed by atoms with van der Waals surface area (Å²) in [6.07, 6.45) is 3.76. The maximum Gasteiger partial charge on any atom is 0.0587 e. The average molecular weight is 299 g/mol. The zero-order chi connectivity index (χ0) is 14.8. The van der Waals surface area contributed by atoms with Crippen molar-refractivity contribution in [2.45, 2.75) is 32.7 Å². The molecule has 0 aromatic heterocycles. The number of halogens is 1. The molecule has 0 heterocycles. The lowest BCUT2D eigenvalue weighted by Crippen LogP contribution is -2.20. The summed E-state index contributed by atoms with van der Waals surface area (Å²) in [6, 6.07) is 6.31. The van der Waals surface area contributed by atoms with E-state index in [1.807, 2.05) is 0 Å². The molecule has 0 saturated carbocycles. The Kier molecular flexibility index (Phi) is 8.67. The van der Waals surface area contributed by atoms with E-state index in [-0.39, 0.29) is 0 Å². The Morgan fingerprint density at radius 2 is 2.10 bits per heavy atom. The van der Waals surface area contributed by atoms with Crippen LogP contribution < -0.4 is 10.2 Å². The molecular weight excluding hydrogens is 272 g/mol. The van der Waals surface area contributed by atoms with Crippen molar-refractivity contribution >= 4 is 17.3 Å². The van der Waals surface area contributed by atoms with Gasteiger partial charge in [-0.3, -0.25) is 0 Å². The molecule has 0 fully saturated rings. The molecule has 1 rings (SSSR count). The van der Waals surface area contributed by atoms with Crippen molar-refractivity contribution in [3.05, 3.63) is 28.8 Å². The molecule has 20 heavy (non-hydrogen) atoms. The molecule has 3 nitrogen and oxygen atoms in total. The minimum Gasteiger partial charge on any atom is -0.383 e. The summed E-state index contributed by atoms with van der Waals surface area (Å²) in [5.41, 5.74) is 2.32. The van der Waals surface area contributed by atoms with Gasteiger partial charge in [-0.25, -0.2) is 0 Å². The number of ether oxygens (including phenoxy) is 1. The van der Waals surface area contributed by atoms with Gasteiger partial charge in [-0.2, -0.15) is 0 Å². The molecule has 0 aliphatic carbocycles. The summed E-state index contributed by atoms with van der Waals surface area (Å²) in [5.74, 6) is 0. The van der Waals surface area contributed by atoms with E-state index in [4.69, 9.17) is 16.3 Å². The van der Waals surface area contributed by atoms with Crippen molar-refractivity contribution in [1.82, 2.24) is 5.32 Å². The van der Waals surface area contributed by atoms with E-state index in [1.165, 1.54) is 24.9 Å². The third kappa shape index (κ3) is 6.12. The highest BCUT2D eigenvalue weighted by Crippen LogP contribution is 2.23. The Balaban J connectivity index is 2.49. The van der Waals surface area contributed by atoms with Crippen LogP contribution in [0.5, 0.6) is 0 Å². The van der Waals surface area contributed by atoms with E-state index < -0.39 is 0 Å². The molecule has 4 heteroatoms. The molecular formula is C16H27ClN2O. The first-order valence-corrected chi connectivity index (χ1v) is 7.76. The van der Waals surface area contributed by atoms with Crippen LogP contribution in [0.15, 0.2) is 18.2 Å². The number of hydrogen-bond acceptors (Lipinski definition) is 3. The van der Waals surface area contributed by atoms with Gasteiger partial charge < -0.3 is 15.0 Å². The van der Waals surface area contributed by atoms with Crippen LogP contribution in [0.25, 0.3) is 0 Å². The van der Waals surface area contributed by atoms with Crippen LogP contribution in [0.3, 0.4) is 0 Å². The normalized spacial score (nSPS) is 10.8. The number of unbranched alkanes of at least 4 members (excludes halogenated alkanes) is 2. The molecule has 0 saturated heterocycles. The van der Waals surface area contributed by atoms with Gasteiger partial charge in [0.15, 0.2) is 0 Å². The number of anilines is 1. The van der Waals surface area contributed by atoms with Crippen molar-refractivity contribution in [2.75, 3.05) is 38.8 Å². The van der Waals surface area contributed by atoms with E-state index in [0.29, 0.717) is 0 Å². The fraction of sp³-hybridized carbons (Fsp3) is 0.625. The number of benzene rings is 1. The zero-order valence-corrected chi connectivity index (χ0v) is 13.7. The largest absolute Gasteiger partial charge is 0.383 e. The lowest BCUT2D eigenvalue weighted by molar-refractivity contribution is 0.199. The van der Waals surface area contributed by atoms with Crippen LogP contribution in [0.2, 0.25) is 5.02 Å². The SMILES string of the molecule is CCCCCN(C)c1ccc(CNCCOC)c(Cl)c1. The van der Waals surface area contributed by atoms with Crippen LogP contribution in [0.1, 0.15) is 31.7 Å². The fourth-order valence-electron chi connectivity index (χ4n) is 2.04. The van der Waals surface area contributed by atoms with Crippen LogP contribution in [0.4, 0.5) is 5.69 Å². The van der Waals surface area contributed by atoms with Gasteiger partial charge in [-0.15, -0.1) is 0 Å². The molecule has 0 bridgehead atoms. The number of methoxy groups -OCH3 is 1. The molecule has 0 amide bonds. The maximum absolute atomic E-state index is 6.35. The van der Waals surface area contributed by atoms with Gasteiger partial charge in [-0.1, -0.05) is 37.4 Å². The highest BCUT2D eigenvalue weighted by molar-refractivity contribution is 6.31. The molecule has 0 radical (unpaired) electrons. The highest BCUT2D eigenvalue weighted by atomic mass is 35.5. The number of nitrogens with zero attached hydrogens (tertiary/aromatic N) is 1. The van der Waals surface area contributed by atoms with Gasteiger partial charge in [-0.05, 0) is 24.1 Å². The van der Waals surface area contributed by atoms with E-state index in [9.17, 15) is 0 Å². The van der Waals surface area contributed by atoms with Crippen molar-refractivity contribution < 1.29 is 4.74 Å². The van der Waals surface area contributed by atoms with Gasteiger partial charge >= 0.3 is 0 Å². The standard InChI is InChI=1S/C16H27ClN2O/c1-4-5-6-10-19(2)15-8-7-14(16(17)12-15)13-18-9-11-20-3/h7-8,12,18H,4-6,9-11,13H2,1-3H3. The first-order valence-electron chi connectivity index (χ1n) is 7.38. The predicted octanol–water partition coefficient (Wildman–Crippen LogP) is 3.70. The Morgan fingerprint density at radius 3 is 2.75 bits per heavy atom. The number of rotatable bonds is 10. The van der Waals surface area contributed by atoms with Crippen LogP contribution in [-0.4, -0.2) is 33.9 Å². The molecule has 1 aromatic rings. The Hall–Kier alpha value is -0.770. The molecule has 114 valence electrons. The molecule has 0 aliphatic heterocycles. The van der Waals surface area contributed by atoms with E-state index in [0.717, 1.165) is 36.8 Å². The van der Waals surface area contributed by atoms with Crippen molar-refractivity contribution in [3.8, 4) is 0 Å². The Morgan fingerprint density at radius 1 is 1.30 bits per heavy atom. The van der Waals surface area contributed by atoms with E-state index >= 15 is 0 Å². The number of nitrogens with one attached hydrogen (secondary N) is 1. The summed E-state index contributed by atoms with van der Waals surface area (Å²) in [4.78, 5) is 2.27. The zero-order valence-electron chi connectivity index (χ0n) is 12.9. The second-order valence-electron chi connectivity index (χ2n) is 5.07. The van der Waals surface area contributed by atoms with Gasteiger partial charge in [0, 0.05) is 44.5 Å². The molecule has 0 atom stereocenters. The van der Waals surface area contributed by atoms with Crippen LogP contribution in [-0.2, 0) is 11.3 Å². The third-order valence-corrected chi connectivity index (χ3v) is 3.72. The summed E-state index contributed by atoms with van der Waals surface area (Å²) < 4.78 is 5.01. The van der Waals surface area contributed by atoms with Gasteiger partial charge in [0.25, 0.3) is 0 Å².